The maximum Gasteiger partial charge on any atom is 0.307 e. The van der Waals surface area contributed by atoms with Crippen molar-refractivity contribution < 1.29 is 9.90 Å². The lowest BCUT2D eigenvalue weighted by Crippen LogP contribution is -2.38. The van der Waals surface area contributed by atoms with Crippen molar-refractivity contribution in [2.45, 2.75) is 19.4 Å². The highest BCUT2D eigenvalue weighted by Gasteiger charge is 2.25. The molecule has 1 N–H and O–H groups in total. The second-order valence-electron chi connectivity index (χ2n) is 4.40. The standard InChI is InChI=1S/C12H15BrN2O2/c13-11-4-3-9(6-14-11)7-15-5-1-2-10(8-15)12(16)17/h3-4,6,10H,1-2,5,7-8H2,(H,16,17)/t10-/m0/s1. The van der Waals surface area contributed by atoms with Gasteiger partial charge in [0.1, 0.15) is 4.60 Å². The first-order valence-electron chi connectivity index (χ1n) is 5.71. The van der Waals surface area contributed by atoms with Gasteiger partial charge in [-0.05, 0) is 46.9 Å². The van der Waals surface area contributed by atoms with E-state index in [2.05, 4.69) is 25.8 Å². The van der Waals surface area contributed by atoms with Crippen molar-refractivity contribution in [3.8, 4) is 0 Å². The summed E-state index contributed by atoms with van der Waals surface area (Å²) >= 11 is 3.30. The SMILES string of the molecule is O=C(O)[C@H]1CCCN(Cc2ccc(Br)nc2)C1. The van der Waals surface area contributed by atoms with E-state index in [1.54, 1.807) is 0 Å². The fourth-order valence-corrected chi connectivity index (χ4v) is 2.39. The number of aliphatic carboxylic acids is 1. The summed E-state index contributed by atoms with van der Waals surface area (Å²) in [4.78, 5) is 17.3. The number of hydrogen-bond acceptors (Lipinski definition) is 3. The van der Waals surface area contributed by atoms with Crippen molar-refractivity contribution in [3.63, 3.8) is 0 Å². The topological polar surface area (TPSA) is 53.4 Å². The number of pyridine rings is 1. The number of aromatic nitrogens is 1. The Labute approximate surface area is 109 Å². The molecule has 1 aliphatic rings. The van der Waals surface area contributed by atoms with Gasteiger partial charge in [-0.25, -0.2) is 4.98 Å². The van der Waals surface area contributed by atoms with Gasteiger partial charge in [0.25, 0.3) is 0 Å². The van der Waals surface area contributed by atoms with Crippen molar-refractivity contribution >= 4 is 21.9 Å². The van der Waals surface area contributed by atoms with E-state index in [4.69, 9.17) is 5.11 Å². The van der Waals surface area contributed by atoms with Crippen LogP contribution in [0.5, 0.6) is 0 Å². The van der Waals surface area contributed by atoms with Crippen molar-refractivity contribution in [1.29, 1.82) is 0 Å². The van der Waals surface area contributed by atoms with Crippen LogP contribution < -0.4 is 0 Å². The number of rotatable bonds is 3. The van der Waals surface area contributed by atoms with Crippen molar-refractivity contribution in [2.75, 3.05) is 13.1 Å². The molecule has 1 aliphatic heterocycles. The lowest BCUT2D eigenvalue weighted by Gasteiger charge is -2.30. The fraction of sp³-hybridized carbons (Fsp3) is 0.500. The van der Waals surface area contributed by atoms with Gasteiger partial charge in [-0.15, -0.1) is 0 Å². The number of carboxylic acids is 1. The predicted octanol–water partition coefficient (Wildman–Crippen LogP) is 2.14. The first kappa shape index (κ1) is 12.5. The van der Waals surface area contributed by atoms with E-state index in [1.165, 1.54) is 0 Å². The van der Waals surface area contributed by atoms with Crippen molar-refractivity contribution in [3.05, 3.63) is 28.5 Å². The maximum atomic E-state index is 11.0. The number of carboxylic acid groups (broad SMARTS) is 1. The van der Waals surface area contributed by atoms with Crippen LogP contribution in [-0.2, 0) is 11.3 Å². The molecule has 0 spiro atoms. The van der Waals surface area contributed by atoms with Crippen LogP contribution in [0.2, 0.25) is 0 Å². The van der Waals surface area contributed by atoms with Gasteiger partial charge in [0.05, 0.1) is 5.92 Å². The van der Waals surface area contributed by atoms with Crippen molar-refractivity contribution in [1.82, 2.24) is 9.88 Å². The lowest BCUT2D eigenvalue weighted by molar-refractivity contribution is -0.143. The van der Waals surface area contributed by atoms with Crippen LogP contribution in [0, 0.1) is 5.92 Å². The number of hydrogen-bond donors (Lipinski definition) is 1. The molecule has 17 heavy (non-hydrogen) atoms. The molecule has 0 aliphatic carbocycles. The Hall–Kier alpha value is -0.940. The summed E-state index contributed by atoms with van der Waals surface area (Å²) in [7, 11) is 0. The third-order valence-electron chi connectivity index (χ3n) is 3.05. The monoisotopic (exact) mass is 298 g/mol. The van der Waals surface area contributed by atoms with E-state index in [1.807, 2.05) is 18.3 Å². The van der Waals surface area contributed by atoms with Crippen LogP contribution in [0.4, 0.5) is 0 Å². The predicted molar refractivity (Wildman–Crippen MR) is 67.6 cm³/mol. The summed E-state index contributed by atoms with van der Waals surface area (Å²) in [6.07, 6.45) is 3.58. The normalized spacial score (nSPS) is 21.4. The van der Waals surface area contributed by atoms with E-state index in [0.717, 1.165) is 36.1 Å². The summed E-state index contributed by atoms with van der Waals surface area (Å²) in [5.74, 6) is -0.893. The number of piperidine rings is 1. The third kappa shape index (κ3) is 3.51. The summed E-state index contributed by atoms with van der Waals surface area (Å²) in [5.41, 5.74) is 1.12. The van der Waals surface area contributed by atoms with E-state index in [0.29, 0.717) is 6.54 Å². The smallest absolute Gasteiger partial charge is 0.307 e. The Morgan fingerprint density at radius 3 is 3.06 bits per heavy atom. The highest BCUT2D eigenvalue weighted by Crippen LogP contribution is 2.18. The highest BCUT2D eigenvalue weighted by atomic mass is 79.9. The summed E-state index contributed by atoms with van der Waals surface area (Å²) < 4.78 is 0.823. The Balaban J connectivity index is 1.94. The quantitative estimate of drug-likeness (QED) is 0.869. The average molecular weight is 299 g/mol. The average Bonchev–Trinajstić information content (AvgIpc) is 2.32. The highest BCUT2D eigenvalue weighted by molar-refractivity contribution is 9.10. The molecule has 0 aromatic carbocycles. The Morgan fingerprint density at radius 1 is 1.59 bits per heavy atom. The van der Waals surface area contributed by atoms with E-state index >= 15 is 0 Å². The Kier molecular flexibility index (Phi) is 4.12. The largest absolute Gasteiger partial charge is 0.481 e. The number of likely N-dealkylation sites (tertiary alicyclic amines) is 1. The van der Waals surface area contributed by atoms with Gasteiger partial charge < -0.3 is 5.11 Å². The molecular formula is C12H15BrN2O2. The minimum atomic E-state index is -0.677. The summed E-state index contributed by atoms with van der Waals surface area (Å²) in [6, 6.07) is 3.93. The third-order valence-corrected chi connectivity index (χ3v) is 3.52. The molecule has 0 amide bonds. The zero-order valence-electron chi connectivity index (χ0n) is 9.47. The minimum Gasteiger partial charge on any atom is -0.481 e. The molecule has 0 radical (unpaired) electrons. The van der Waals surface area contributed by atoms with Gasteiger partial charge in [-0.3, -0.25) is 9.69 Å². The minimum absolute atomic E-state index is 0.216. The molecule has 5 heteroatoms. The molecule has 4 nitrogen and oxygen atoms in total. The summed E-state index contributed by atoms with van der Waals surface area (Å²) in [5, 5.41) is 9.01. The second kappa shape index (κ2) is 5.60. The fourth-order valence-electron chi connectivity index (χ4n) is 2.16. The molecule has 92 valence electrons. The second-order valence-corrected chi connectivity index (χ2v) is 5.21. The van der Waals surface area contributed by atoms with Crippen LogP contribution in [0.3, 0.4) is 0 Å². The molecule has 1 aromatic heterocycles. The molecule has 1 fully saturated rings. The van der Waals surface area contributed by atoms with Crippen LogP contribution in [0.1, 0.15) is 18.4 Å². The Morgan fingerprint density at radius 2 is 2.41 bits per heavy atom. The molecular weight excluding hydrogens is 284 g/mol. The molecule has 2 heterocycles. The molecule has 1 saturated heterocycles. The van der Waals surface area contributed by atoms with Gasteiger partial charge in [0, 0.05) is 19.3 Å². The first-order chi connectivity index (χ1) is 8.15. The van der Waals surface area contributed by atoms with Gasteiger partial charge in [0.2, 0.25) is 0 Å². The molecule has 0 bridgehead atoms. The number of halogens is 1. The molecule has 0 saturated carbocycles. The zero-order chi connectivity index (χ0) is 12.3. The Bertz CT molecular complexity index is 394. The van der Waals surface area contributed by atoms with Gasteiger partial charge in [-0.2, -0.15) is 0 Å². The van der Waals surface area contributed by atoms with Crippen LogP contribution >= 0.6 is 15.9 Å². The molecule has 0 unspecified atom stereocenters. The van der Waals surface area contributed by atoms with Gasteiger partial charge >= 0.3 is 5.97 Å². The summed E-state index contributed by atoms with van der Waals surface area (Å²) in [6.45, 7) is 2.40. The molecule has 1 atom stereocenters. The van der Waals surface area contributed by atoms with E-state index in [-0.39, 0.29) is 5.92 Å². The maximum absolute atomic E-state index is 11.0. The zero-order valence-corrected chi connectivity index (χ0v) is 11.1. The molecule has 1 aromatic rings. The number of nitrogens with zero attached hydrogens (tertiary/aromatic N) is 2. The van der Waals surface area contributed by atoms with Crippen LogP contribution in [-0.4, -0.2) is 34.0 Å². The van der Waals surface area contributed by atoms with Crippen LogP contribution in [0.15, 0.2) is 22.9 Å². The number of carbonyl (C=O) groups is 1. The van der Waals surface area contributed by atoms with Gasteiger partial charge in [-0.1, -0.05) is 6.07 Å². The lowest BCUT2D eigenvalue weighted by atomic mass is 9.98. The van der Waals surface area contributed by atoms with Crippen molar-refractivity contribution in [2.24, 2.45) is 5.92 Å². The van der Waals surface area contributed by atoms with E-state index < -0.39 is 5.97 Å². The first-order valence-corrected chi connectivity index (χ1v) is 6.50. The van der Waals surface area contributed by atoms with Crippen LogP contribution in [0.25, 0.3) is 0 Å². The van der Waals surface area contributed by atoms with Gasteiger partial charge in [0.15, 0.2) is 0 Å². The van der Waals surface area contributed by atoms with E-state index in [9.17, 15) is 4.79 Å². The molecule has 2 rings (SSSR count).